The summed E-state index contributed by atoms with van der Waals surface area (Å²) in [6.45, 7) is 5.54. The number of benzene rings is 1. The number of nitrogens with zero attached hydrogens (tertiary/aromatic N) is 1. The summed E-state index contributed by atoms with van der Waals surface area (Å²) in [5.41, 5.74) is 0.828. The first-order valence-corrected chi connectivity index (χ1v) is 4.14. The van der Waals surface area contributed by atoms with Gasteiger partial charge in [-0.2, -0.15) is 0 Å². The Labute approximate surface area is 82.0 Å². The molecule has 1 rings (SSSR count). The number of rotatable bonds is 4. The first-order chi connectivity index (χ1) is 6.65. The van der Waals surface area contributed by atoms with E-state index in [0.29, 0.717) is 0 Å². The van der Waals surface area contributed by atoms with Crippen molar-refractivity contribution in [1.29, 1.82) is 0 Å². The van der Waals surface area contributed by atoms with Crippen LogP contribution in [0.3, 0.4) is 0 Å². The minimum absolute atomic E-state index is 0.00755. The van der Waals surface area contributed by atoms with Crippen LogP contribution in [0.5, 0.6) is 5.75 Å². The summed E-state index contributed by atoms with van der Waals surface area (Å²) in [6, 6.07) is 4.85. The molecular formula is C10H11NO3. The molecule has 0 aliphatic carbocycles. The van der Waals surface area contributed by atoms with E-state index in [0.717, 1.165) is 5.56 Å². The molecule has 0 aromatic heterocycles. The van der Waals surface area contributed by atoms with Gasteiger partial charge in [-0.05, 0) is 18.6 Å². The van der Waals surface area contributed by atoms with Crippen molar-refractivity contribution >= 4 is 5.69 Å². The third-order valence-electron chi connectivity index (χ3n) is 1.67. The minimum atomic E-state index is -0.453. The zero-order chi connectivity index (χ0) is 10.6. The fraction of sp³-hybridized carbons (Fsp3) is 0.200. The Morgan fingerprint density at radius 1 is 1.64 bits per heavy atom. The van der Waals surface area contributed by atoms with Crippen LogP contribution in [-0.4, -0.2) is 11.5 Å². The Hall–Kier alpha value is -1.84. The summed E-state index contributed by atoms with van der Waals surface area (Å²) in [5, 5.41) is 10.6. The molecule has 1 aromatic carbocycles. The van der Waals surface area contributed by atoms with E-state index in [4.69, 9.17) is 4.74 Å². The zero-order valence-electron chi connectivity index (χ0n) is 7.90. The van der Waals surface area contributed by atoms with E-state index in [-0.39, 0.29) is 18.0 Å². The number of aryl methyl sites for hydroxylation is 1. The van der Waals surface area contributed by atoms with Gasteiger partial charge in [0.2, 0.25) is 0 Å². The van der Waals surface area contributed by atoms with Crippen molar-refractivity contribution in [2.24, 2.45) is 0 Å². The van der Waals surface area contributed by atoms with Crippen LogP contribution < -0.4 is 4.74 Å². The average Bonchev–Trinajstić information content (AvgIpc) is 2.15. The highest BCUT2D eigenvalue weighted by Crippen LogP contribution is 2.27. The molecule has 0 N–H and O–H groups in total. The molecule has 74 valence electrons. The molecule has 14 heavy (non-hydrogen) atoms. The maximum absolute atomic E-state index is 10.6. The first-order valence-electron chi connectivity index (χ1n) is 4.14. The van der Waals surface area contributed by atoms with E-state index in [9.17, 15) is 10.1 Å². The molecule has 0 radical (unpaired) electrons. The van der Waals surface area contributed by atoms with Crippen molar-refractivity contribution in [1.82, 2.24) is 0 Å². The van der Waals surface area contributed by atoms with Crippen LogP contribution in [0.4, 0.5) is 5.69 Å². The topological polar surface area (TPSA) is 52.4 Å². The largest absolute Gasteiger partial charge is 0.483 e. The third-order valence-corrected chi connectivity index (χ3v) is 1.67. The van der Waals surface area contributed by atoms with Crippen molar-refractivity contribution in [2.75, 3.05) is 6.61 Å². The SMILES string of the molecule is C=CCOc1ccc(C)cc1[N+](=O)[O-]. The molecule has 4 heteroatoms. The molecule has 0 unspecified atom stereocenters. The normalized spacial score (nSPS) is 9.50. The van der Waals surface area contributed by atoms with Crippen LogP contribution in [0.15, 0.2) is 30.9 Å². The second kappa shape index (κ2) is 4.41. The Morgan fingerprint density at radius 2 is 2.36 bits per heavy atom. The number of ether oxygens (including phenoxy) is 1. The highest BCUT2D eigenvalue weighted by Gasteiger charge is 2.14. The predicted octanol–water partition coefficient (Wildman–Crippen LogP) is 2.47. The lowest BCUT2D eigenvalue weighted by Gasteiger charge is -2.04. The summed E-state index contributed by atoms with van der Waals surface area (Å²) < 4.78 is 5.14. The van der Waals surface area contributed by atoms with E-state index in [2.05, 4.69) is 6.58 Å². The fourth-order valence-corrected chi connectivity index (χ4v) is 1.04. The van der Waals surface area contributed by atoms with Crippen LogP contribution in [-0.2, 0) is 0 Å². The van der Waals surface area contributed by atoms with Gasteiger partial charge in [-0.3, -0.25) is 10.1 Å². The van der Waals surface area contributed by atoms with Crippen LogP contribution in [0.2, 0.25) is 0 Å². The highest BCUT2D eigenvalue weighted by atomic mass is 16.6. The van der Waals surface area contributed by atoms with Crippen LogP contribution in [0, 0.1) is 17.0 Å². The number of hydrogen-bond donors (Lipinski definition) is 0. The second-order valence-corrected chi connectivity index (χ2v) is 2.83. The van der Waals surface area contributed by atoms with Gasteiger partial charge in [0, 0.05) is 6.07 Å². The van der Waals surface area contributed by atoms with Gasteiger partial charge in [0.25, 0.3) is 0 Å². The monoisotopic (exact) mass is 193 g/mol. The van der Waals surface area contributed by atoms with Gasteiger partial charge in [-0.25, -0.2) is 0 Å². The van der Waals surface area contributed by atoms with Gasteiger partial charge >= 0.3 is 5.69 Å². The molecule has 0 atom stereocenters. The van der Waals surface area contributed by atoms with Crippen molar-refractivity contribution in [3.05, 3.63) is 46.5 Å². The maximum atomic E-state index is 10.6. The molecule has 0 saturated heterocycles. The molecule has 0 fully saturated rings. The second-order valence-electron chi connectivity index (χ2n) is 2.83. The predicted molar refractivity (Wildman–Crippen MR) is 53.5 cm³/mol. The molecule has 0 aliphatic rings. The smallest absolute Gasteiger partial charge is 0.311 e. The summed E-state index contributed by atoms with van der Waals surface area (Å²) in [7, 11) is 0. The minimum Gasteiger partial charge on any atom is -0.483 e. The Morgan fingerprint density at radius 3 is 2.93 bits per heavy atom. The lowest BCUT2D eigenvalue weighted by molar-refractivity contribution is -0.385. The van der Waals surface area contributed by atoms with E-state index < -0.39 is 4.92 Å². The summed E-state index contributed by atoms with van der Waals surface area (Å²) in [6.07, 6.45) is 1.55. The highest BCUT2D eigenvalue weighted by molar-refractivity contribution is 5.48. The van der Waals surface area contributed by atoms with Crippen molar-refractivity contribution in [3.63, 3.8) is 0 Å². The average molecular weight is 193 g/mol. The lowest BCUT2D eigenvalue weighted by Crippen LogP contribution is -1.98. The van der Waals surface area contributed by atoms with Crippen molar-refractivity contribution < 1.29 is 9.66 Å². The lowest BCUT2D eigenvalue weighted by atomic mass is 10.2. The van der Waals surface area contributed by atoms with Gasteiger partial charge in [-0.15, -0.1) is 0 Å². The van der Waals surface area contributed by atoms with Crippen molar-refractivity contribution in [2.45, 2.75) is 6.92 Å². The number of nitro groups is 1. The Balaban J connectivity index is 3.01. The van der Waals surface area contributed by atoms with Gasteiger partial charge in [0.1, 0.15) is 6.61 Å². The maximum Gasteiger partial charge on any atom is 0.311 e. The van der Waals surface area contributed by atoms with Crippen LogP contribution in [0.25, 0.3) is 0 Å². The number of nitro benzene ring substituents is 1. The molecule has 0 saturated carbocycles. The summed E-state index contributed by atoms with van der Waals surface area (Å²) >= 11 is 0. The molecule has 0 bridgehead atoms. The molecular weight excluding hydrogens is 182 g/mol. The molecule has 0 aliphatic heterocycles. The summed E-state index contributed by atoms with van der Waals surface area (Å²) in [4.78, 5) is 10.2. The first kappa shape index (κ1) is 10.2. The molecule has 1 aromatic rings. The van der Waals surface area contributed by atoms with E-state index >= 15 is 0 Å². The molecule has 0 amide bonds. The quantitative estimate of drug-likeness (QED) is 0.419. The van der Waals surface area contributed by atoms with Gasteiger partial charge in [0.05, 0.1) is 4.92 Å². The molecule has 4 nitrogen and oxygen atoms in total. The van der Waals surface area contributed by atoms with E-state index in [1.54, 1.807) is 25.1 Å². The fourth-order valence-electron chi connectivity index (χ4n) is 1.04. The number of hydrogen-bond acceptors (Lipinski definition) is 3. The van der Waals surface area contributed by atoms with Gasteiger partial charge in [0.15, 0.2) is 5.75 Å². The van der Waals surface area contributed by atoms with E-state index in [1.165, 1.54) is 6.07 Å². The Kier molecular flexibility index (Phi) is 3.23. The van der Waals surface area contributed by atoms with Gasteiger partial charge in [-0.1, -0.05) is 18.7 Å². The molecule has 0 heterocycles. The van der Waals surface area contributed by atoms with E-state index in [1.807, 2.05) is 0 Å². The van der Waals surface area contributed by atoms with Crippen LogP contribution >= 0.6 is 0 Å². The van der Waals surface area contributed by atoms with Crippen molar-refractivity contribution in [3.8, 4) is 5.75 Å². The zero-order valence-corrected chi connectivity index (χ0v) is 7.90. The Bertz CT molecular complexity index is 360. The molecule has 0 spiro atoms. The third kappa shape index (κ3) is 2.32. The van der Waals surface area contributed by atoms with Gasteiger partial charge < -0.3 is 4.74 Å². The van der Waals surface area contributed by atoms with Crippen LogP contribution in [0.1, 0.15) is 5.56 Å². The summed E-state index contributed by atoms with van der Waals surface area (Å²) in [5.74, 6) is 0.278. The standard InChI is InChI=1S/C10H11NO3/c1-3-6-14-10-5-4-8(2)7-9(10)11(12)13/h3-5,7H,1,6H2,2H3.